The third-order valence-electron chi connectivity index (χ3n) is 13.8. The fourth-order valence-corrected chi connectivity index (χ4v) is 15.4. The van der Waals surface area contributed by atoms with Crippen molar-refractivity contribution in [3.8, 4) is 39.1 Å². The van der Waals surface area contributed by atoms with Crippen molar-refractivity contribution in [2.45, 2.75) is 0 Å². The standard InChI is InChI=1S/C66H48N2Si/c1-7-22-49(23-8-1)52-40-47-60(62(48-52)50-24-9-2-10-25-50)51-38-41-54(42-39-51)67(64-36-21-37-65-66(64)61-34-19-20-35-63(61)68(65)53-26-11-3-12-27-53)55-43-45-59(46-44-55)69(56-28-13-4-14-29-56,57-30-15-5-16-31-57)58-32-17-6-18-33-58/h1-48H. The Morgan fingerprint density at radius 2 is 0.725 bits per heavy atom. The first-order chi connectivity index (χ1) is 34.3. The van der Waals surface area contributed by atoms with Crippen molar-refractivity contribution in [3.05, 3.63) is 291 Å². The molecule has 326 valence electrons. The zero-order chi connectivity index (χ0) is 46.0. The average Bonchev–Trinajstić information content (AvgIpc) is 3.78. The van der Waals surface area contributed by atoms with Gasteiger partial charge in [-0.2, -0.15) is 0 Å². The molecule has 0 aliphatic heterocycles. The summed E-state index contributed by atoms with van der Waals surface area (Å²) in [6.45, 7) is 0. The summed E-state index contributed by atoms with van der Waals surface area (Å²) in [4.78, 5) is 2.46. The van der Waals surface area contributed by atoms with Gasteiger partial charge in [-0.25, -0.2) is 0 Å². The van der Waals surface area contributed by atoms with Crippen LogP contribution in [0, 0.1) is 0 Å². The maximum absolute atomic E-state index is 2.76. The second-order valence-electron chi connectivity index (χ2n) is 17.6. The first-order valence-electron chi connectivity index (χ1n) is 23.8. The molecule has 3 heteroatoms. The van der Waals surface area contributed by atoms with E-state index < -0.39 is 8.07 Å². The molecule has 0 saturated carbocycles. The molecular formula is C66H48N2Si. The molecule has 0 radical (unpaired) electrons. The van der Waals surface area contributed by atoms with E-state index >= 15 is 0 Å². The van der Waals surface area contributed by atoms with Crippen molar-refractivity contribution >= 4 is 67.7 Å². The number of hydrogen-bond donors (Lipinski definition) is 0. The minimum atomic E-state index is -2.76. The Morgan fingerprint density at radius 1 is 0.290 bits per heavy atom. The first-order valence-corrected chi connectivity index (χ1v) is 25.8. The van der Waals surface area contributed by atoms with E-state index in [0.717, 1.165) is 33.8 Å². The number of anilines is 3. The summed E-state index contributed by atoms with van der Waals surface area (Å²) < 4.78 is 2.41. The maximum atomic E-state index is 2.46. The number of hydrogen-bond acceptors (Lipinski definition) is 1. The molecule has 0 unspecified atom stereocenters. The highest BCUT2D eigenvalue weighted by Crippen LogP contribution is 2.45. The molecule has 12 rings (SSSR count). The molecular weight excluding hydrogens is 849 g/mol. The Hall–Kier alpha value is -8.76. The van der Waals surface area contributed by atoms with Crippen LogP contribution in [-0.4, -0.2) is 12.6 Å². The van der Waals surface area contributed by atoms with Gasteiger partial charge in [0, 0.05) is 27.8 Å². The van der Waals surface area contributed by atoms with Crippen LogP contribution in [0.4, 0.5) is 17.1 Å². The fraction of sp³-hybridized carbons (Fsp3) is 0. The summed E-state index contributed by atoms with van der Waals surface area (Å²) in [7, 11) is -2.76. The molecule has 0 aliphatic carbocycles. The summed E-state index contributed by atoms with van der Waals surface area (Å²) in [5.74, 6) is 0. The normalized spacial score (nSPS) is 11.5. The maximum Gasteiger partial charge on any atom is 0.179 e. The number of fused-ring (bicyclic) bond motifs is 3. The van der Waals surface area contributed by atoms with Gasteiger partial charge < -0.3 is 9.47 Å². The van der Waals surface area contributed by atoms with E-state index in [1.54, 1.807) is 0 Å². The molecule has 0 atom stereocenters. The first kappa shape index (κ1) is 41.7. The zero-order valence-electron chi connectivity index (χ0n) is 38.1. The lowest BCUT2D eigenvalue weighted by Gasteiger charge is -2.35. The van der Waals surface area contributed by atoms with Gasteiger partial charge in [-0.3, -0.25) is 0 Å². The van der Waals surface area contributed by atoms with E-state index in [4.69, 9.17) is 0 Å². The third kappa shape index (κ3) is 7.46. The molecule has 1 aromatic heterocycles. The van der Waals surface area contributed by atoms with Gasteiger partial charge in [0.15, 0.2) is 8.07 Å². The molecule has 69 heavy (non-hydrogen) atoms. The van der Waals surface area contributed by atoms with E-state index in [9.17, 15) is 0 Å². The topological polar surface area (TPSA) is 8.17 Å². The smallest absolute Gasteiger partial charge is 0.179 e. The summed E-state index contributed by atoms with van der Waals surface area (Å²) in [6.07, 6.45) is 0. The van der Waals surface area contributed by atoms with Crippen molar-refractivity contribution < 1.29 is 0 Å². The second-order valence-corrected chi connectivity index (χ2v) is 21.4. The Bertz CT molecular complexity index is 3570. The van der Waals surface area contributed by atoms with Crippen molar-refractivity contribution in [2.24, 2.45) is 0 Å². The Morgan fingerprint density at radius 3 is 1.30 bits per heavy atom. The second kappa shape index (κ2) is 18.1. The highest BCUT2D eigenvalue weighted by Gasteiger charge is 2.41. The van der Waals surface area contributed by atoms with E-state index in [2.05, 4.69) is 301 Å². The molecule has 0 N–H and O–H groups in total. The summed E-state index contributed by atoms with van der Waals surface area (Å²) >= 11 is 0. The van der Waals surface area contributed by atoms with E-state index in [-0.39, 0.29) is 0 Å². The van der Waals surface area contributed by atoms with Crippen molar-refractivity contribution in [2.75, 3.05) is 4.90 Å². The van der Waals surface area contributed by atoms with E-state index in [0.29, 0.717) is 0 Å². The third-order valence-corrected chi connectivity index (χ3v) is 18.6. The van der Waals surface area contributed by atoms with Gasteiger partial charge in [-0.15, -0.1) is 0 Å². The van der Waals surface area contributed by atoms with Crippen LogP contribution in [0.5, 0.6) is 0 Å². The van der Waals surface area contributed by atoms with Gasteiger partial charge in [0.1, 0.15) is 0 Å². The summed E-state index contributed by atoms with van der Waals surface area (Å²) in [5.41, 5.74) is 13.9. The van der Waals surface area contributed by atoms with Gasteiger partial charge in [-0.1, -0.05) is 231 Å². The minimum Gasteiger partial charge on any atom is -0.310 e. The van der Waals surface area contributed by atoms with Crippen LogP contribution < -0.4 is 25.6 Å². The van der Waals surface area contributed by atoms with Gasteiger partial charge in [0.25, 0.3) is 0 Å². The van der Waals surface area contributed by atoms with Crippen LogP contribution in [0.2, 0.25) is 0 Å². The molecule has 11 aromatic carbocycles. The molecule has 0 fully saturated rings. The molecule has 0 bridgehead atoms. The Kier molecular flexibility index (Phi) is 11.0. The number of aromatic nitrogens is 1. The van der Waals surface area contributed by atoms with Gasteiger partial charge in [-0.05, 0) is 115 Å². The summed E-state index contributed by atoms with van der Waals surface area (Å²) in [6, 6.07) is 107. The predicted octanol–water partition coefficient (Wildman–Crippen LogP) is 14.6. The molecule has 0 amide bonds. The number of para-hydroxylation sites is 2. The van der Waals surface area contributed by atoms with Gasteiger partial charge >= 0.3 is 0 Å². The largest absolute Gasteiger partial charge is 0.310 e. The van der Waals surface area contributed by atoms with Crippen molar-refractivity contribution in [3.63, 3.8) is 0 Å². The average molecular weight is 897 g/mol. The predicted molar refractivity (Wildman–Crippen MR) is 295 cm³/mol. The lowest BCUT2D eigenvalue weighted by molar-refractivity contribution is 1.18. The van der Waals surface area contributed by atoms with Crippen LogP contribution in [-0.2, 0) is 0 Å². The quantitative estimate of drug-likeness (QED) is 0.0928. The fourth-order valence-electron chi connectivity index (χ4n) is 10.6. The van der Waals surface area contributed by atoms with Gasteiger partial charge in [0.2, 0.25) is 0 Å². The van der Waals surface area contributed by atoms with Crippen LogP contribution in [0.1, 0.15) is 0 Å². The number of benzene rings is 11. The molecule has 0 saturated heterocycles. The molecule has 0 spiro atoms. The SMILES string of the molecule is c1ccc(-c2ccc(-c3ccc(N(c4ccc([Si](c5ccccc5)(c5ccccc5)c5ccccc5)cc4)c4cccc5c4c4ccccc4n5-c4ccccc4)cc3)c(-c3ccccc3)c2)cc1. The van der Waals surface area contributed by atoms with E-state index in [1.165, 1.54) is 64.9 Å². The Labute approximate surface area is 405 Å². The Balaban J connectivity index is 1.06. The van der Waals surface area contributed by atoms with Crippen LogP contribution in [0.3, 0.4) is 0 Å². The zero-order valence-corrected chi connectivity index (χ0v) is 39.1. The lowest BCUT2D eigenvalue weighted by Crippen LogP contribution is -2.74. The molecule has 0 aliphatic rings. The van der Waals surface area contributed by atoms with Crippen molar-refractivity contribution in [1.29, 1.82) is 0 Å². The highest BCUT2D eigenvalue weighted by molar-refractivity contribution is 7.19. The number of rotatable bonds is 11. The van der Waals surface area contributed by atoms with Crippen LogP contribution >= 0.6 is 0 Å². The minimum absolute atomic E-state index is 1.08. The number of nitrogens with zero attached hydrogens (tertiary/aromatic N) is 2. The molecule has 12 aromatic rings. The lowest BCUT2D eigenvalue weighted by atomic mass is 9.91. The molecule has 2 nitrogen and oxygen atoms in total. The van der Waals surface area contributed by atoms with Crippen molar-refractivity contribution in [1.82, 2.24) is 4.57 Å². The highest BCUT2D eigenvalue weighted by atomic mass is 28.3. The monoisotopic (exact) mass is 896 g/mol. The van der Waals surface area contributed by atoms with Crippen LogP contribution in [0.15, 0.2) is 291 Å². The molecule has 1 heterocycles. The summed E-state index contributed by atoms with van der Waals surface area (Å²) in [5, 5.41) is 7.80. The van der Waals surface area contributed by atoms with E-state index in [1.807, 2.05) is 0 Å². The van der Waals surface area contributed by atoms with Crippen LogP contribution in [0.25, 0.3) is 60.9 Å². The van der Waals surface area contributed by atoms with Gasteiger partial charge in [0.05, 0.1) is 16.7 Å².